The fourth-order valence-corrected chi connectivity index (χ4v) is 4.64. The number of fused-ring (bicyclic) bond motifs is 2. The molecule has 23 heavy (non-hydrogen) atoms. The first-order chi connectivity index (χ1) is 11.2. The van der Waals surface area contributed by atoms with Gasteiger partial charge in [0.15, 0.2) is 0 Å². The van der Waals surface area contributed by atoms with Crippen molar-refractivity contribution in [3.8, 4) is 0 Å². The fraction of sp³-hybridized carbons (Fsp3) is 0.579. The molecule has 3 atom stereocenters. The van der Waals surface area contributed by atoms with Crippen LogP contribution in [0, 0.1) is 0 Å². The van der Waals surface area contributed by atoms with Gasteiger partial charge in [-0.2, -0.15) is 0 Å². The van der Waals surface area contributed by atoms with Gasteiger partial charge in [0.2, 0.25) is 0 Å². The molecule has 4 heteroatoms. The first-order valence-corrected chi connectivity index (χ1v) is 8.74. The molecule has 0 bridgehead atoms. The van der Waals surface area contributed by atoms with Crippen molar-refractivity contribution in [1.82, 2.24) is 9.88 Å². The van der Waals surface area contributed by atoms with Gasteiger partial charge in [0.1, 0.15) is 0 Å². The predicted octanol–water partition coefficient (Wildman–Crippen LogP) is 2.71. The Labute approximate surface area is 137 Å². The fourth-order valence-electron chi connectivity index (χ4n) is 4.64. The minimum Gasteiger partial charge on any atom is -0.393 e. The normalized spacial score (nSPS) is 31.6. The predicted molar refractivity (Wildman–Crippen MR) is 91.6 cm³/mol. The Balaban J connectivity index is 1.49. The van der Waals surface area contributed by atoms with Crippen LogP contribution in [-0.2, 0) is 11.2 Å². The standard InChI is InChI=1S/C19H26N2O2/c1-23-19-8-6-15(22)12-18(19)21(11-9-19)10-7-14-13-20-17-5-3-2-4-16(14)17/h2-5,13,15,18,20,22H,6-12H2,1H3/t15-,18+,19-/m1/s1. The molecule has 124 valence electrons. The van der Waals surface area contributed by atoms with Crippen LogP contribution in [0.15, 0.2) is 30.5 Å². The van der Waals surface area contributed by atoms with Gasteiger partial charge in [-0.05, 0) is 43.7 Å². The van der Waals surface area contributed by atoms with E-state index in [9.17, 15) is 5.11 Å². The number of para-hydroxylation sites is 1. The number of nitrogens with one attached hydrogen (secondary N) is 1. The molecule has 0 radical (unpaired) electrons. The molecule has 0 unspecified atom stereocenters. The molecule has 4 nitrogen and oxygen atoms in total. The maximum absolute atomic E-state index is 10.1. The van der Waals surface area contributed by atoms with Crippen molar-refractivity contribution in [2.45, 2.75) is 49.9 Å². The lowest BCUT2D eigenvalue weighted by Gasteiger charge is -2.42. The number of aliphatic hydroxyl groups is 1. The average Bonchev–Trinajstić information content (AvgIpc) is 3.15. The minimum absolute atomic E-state index is 0.0283. The molecular formula is C19H26N2O2. The monoisotopic (exact) mass is 314 g/mol. The topological polar surface area (TPSA) is 48.5 Å². The Hall–Kier alpha value is -1.36. The zero-order valence-corrected chi connectivity index (χ0v) is 13.8. The largest absolute Gasteiger partial charge is 0.393 e. The van der Waals surface area contributed by atoms with E-state index in [0.717, 1.165) is 45.2 Å². The van der Waals surface area contributed by atoms with E-state index in [1.165, 1.54) is 16.5 Å². The molecule has 2 aliphatic rings. The number of methoxy groups -OCH3 is 1. The second kappa shape index (κ2) is 5.93. The lowest BCUT2D eigenvalue weighted by Crippen LogP contribution is -2.51. The molecule has 2 heterocycles. The smallest absolute Gasteiger partial charge is 0.0847 e. The van der Waals surface area contributed by atoms with Crippen LogP contribution in [0.4, 0.5) is 0 Å². The highest BCUT2D eigenvalue weighted by Crippen LogP contribution is 2.42. The quantitative estimate of drug-likeness (QED) is 0.912. The van der Waals surface area contributed by atoms with E-state index in [4.69, 9.17) is 4.74 Å². The van der Waals surface area contributed by atoms with Crippen LogP contribution in [0.3, 0.4) is 0 Å². The van der Waals surface area contributed by atoms with Gasteiger partial charge in [-0.15, -0.1) is 0 Å². The van der Waals surface area contributed by atoms with Crippen molar-refractivity contribution >= 4 is 10.9 Å². The summed E-state index contributed by atoms with van der Waals surface area (Å²) in [6.45, 7) is 2.11. The molecule has 2 fully saturated rings. The van der Waals surface area contributed by atoms with E-state index >= 15 is 0 Å². The maximum Gasteiger partial charge on any atom is 0.0847 e. The molecule has 0 spiro atoms. The summed E-state index contributed by atoms with van der Waals surface area (Å²) < 4.78 is 5.93. The third kappa shape index (κ3) is 2.59. The maximum atomic E-state index is 10.1. The average molecular weight is 314 g/mol. The Bertz CT molecular complexity index is 683. The molecule has 1 aliphatic heterocycles. The van der Waals surface area contributed by atoms with Gasteiger partial charge in [0, 0.05) is 43.3 Å². The Morgan fingerprint density at radius 2 is 2.22 bits per heavy atom. The summed E-state index contributed by atoms with van der Waals surface area (Å²) in [6.07, 6.45) is 6.81. The van der Waals surface area contributed by atoms with Crippen molar-refractivity contribution in [3.05, 3.63) is 36.0 Å². The highest BCUT2D eigenvalue weighted by molar-refractivity contribution is 5.83. The molecule has 1 aromatic heterocycles. The molecular weight excluding hydrogens is 288 g/mol. The zero-order valence-electron chi connectivity index (χ0n) is 13.8. The van der Waals surface area contributed by atoms with Crippen molar-refractivity contribution in [2.24, 2.45) is 0 Å². The van der Waals surface area contributed by atoms with Gasteiger partial charge in [0.05, 0.1) is 11.7 Å². The minimum atomic E-state index is -0.169. The number of likely N-dealkylation sites (tertiary alicyclic amines) is 1. The first-order valence-electron chi connectivity index (χ1n) is 8.74. The summed E-state index contributed by atoms with van der Waals surface area (Å²) in [6, 6.07) is 8.85. The number of hydrogen-bond acceptors (Lipinski definition) is 3. The SMILES string of the molecule is CO[C@@]12CC[C@@H](O)C[C@@H]1N(CCc1c[nH]c3ccccc13)CC2. The summed E-state index contributed by atoms with van der Waals surface area (Å²) in [5.41, 5.74) is 2.56. The van der Waals surface area contributed by atoms with Crippen LogP contribution >= 0.6 is 0 Å². The number of nitrogens with zero attached hydrogens (tertiary/aromatic N) is 1. The Kier molecular flexibility index (Phi) is 3.92. The summed E-state index contributed by atoms with van der Waals surface area (Å²) in [5, 5.41) is 11.4. The van der Waals surface area contributed by atoms with Crippen LogP contribution in [0.5, 0.6) is 0 Å². The molecule has 2 N–H and O–H groups in total. The molecule has 4 rings (SSSR count). The van der Waals surface area contributed by atoms with Crippen LogP contribution < -0.4 is 0 Å². The molecule has 1 saturated carbocycles. The van der Waals surface area contributed by atoms with Crippen LogP contribution in [-0.4, -0.2) is 52.9 Å². The second-order valence-electron chi connectivity index (χ2n) is 7.11. The van der Waals surface area contributed by atoms with Crippen molar-refractivity contribution in [3.63, 3.8) is 0 Å². The molecule has 2 aromatic rings. The summed E-state index contributed by atoms with van der Waals surface area (Å²) in [4.78, 5) is 5.90. The van der Waals surface area contributed by atoms with E-state index in [1.54, 1.807) is 0 Å². The molecule has 1 aliphatic carbocycles. The van der Waals surface area contributed by atoms with Crippen molar-refractivity contribution in [2.75, 3.05) is 20.2 Å². The third-order valence-electron chi connectivity index (χ3n) is 6.02. The Morgan fingerprint density at radius 3 is 3.09 bits per heavy atom. The van der Waals surface area contributed by atoms with Crippen LogP contribution in [0.25, 0.3) is 10.9 Å². The number of H-pyrrole nitrogens is 1. The lowest BCUT2D eigenvalue weighted by atomic mass is 9.79. The highest BCUT2D eigenvalue weighted by atomic mass is 16.5. The molecule has 0 amide bonds. The number of hydrogen-bond donors (Lipinski definition) is 2. The van der Waals surface area contributed by atoms with E-state index in [2.05, 4.69) is 40.3 Å². The van der Waals surface area contributed by atoms with E-state index < -0.39 is 0 Å². The van der Waals surface area contributed by atoms with Gasteiger partial charge in [-0.25, -0.2) is 0 Å². The van der Waals surface area contributed by atoms with E-state index in [1.807, 2.05) is 7.11 Å². The number of aromatic amines is 1. The van der Waals surface area contributed by atoms with Crippen molar-refractivity contribution < 1.29 is 9.84 Å². The summed E-state index contributed by atoms with van der Waals surface area (Å²) >= 11 is 0. The zero-order chi connectivity index (χ0) is 15.9. The number of aromatic nitrogens is 1. The van der Waals surface area contributed by atoms with Crippen molar-refractivity contribution in [1.29, 1.82) is 0 Å². The number of aliphatic hydroxyl groups excluding tert-OH is 1. The van der Waals surface area contributed by atoms with Crippen LogP contribution in [0.1, 0.15) is 31.2 Å². The van der Waals surface area contributed by atoms with Crippen LogP contribution in [0.2, 0.25) is 0 Å². The van der Waals surface area contributed by atoms with Gasteiger partial charge >= 0.3 is 0 Å². The molecule has 1 saturated heterocycles. The number of ether oxygens (including phenoxy) is 1. The first kappa shape index (κ1) is 15.2. The van der Waals surface area contributed by atoms with E-state index in [0.29, 0.717) is 6.04 Å². The third-order valence-corrected chi connectivity index (χ3v) is 6.02. The lowest BCUT2D eigenvalue weighted by molar-refractivity contribution is -0.0866. The molecule has 1 aromatic carbocycles. The second-order valence-corrected chi connectivity index (χ2v) is 7.11. The van der Waals surface area contributed by atoms with Gasteiger partial charge in [-0.1, -0.05) is 18.2 Å². The van der Waals surface area contributed by atoms with Gasteiger partial charge < -0.3 is 14.8 Å². The number of benzene rings is 1. The summed E-state index contributed by atoms with van der Waals surface area (Å²) in [5.74, 6) is 0. The van der Waals surface area contributed by atoms with E-state index in [-0.39, 0.29) is 11.7 Å². The van der Waals surface area contributed by atoms with Gasteiger partial charge in [0.25, 0.3) is 0 Å². The van der Waals surface area contributed by atoms with Gasteiger partial charge in [-0.3, -0.25) is 4.90 Å². The highest BCUT2D eigenvalue weighted by Gasteiger charge is 2.50. The summed E-state index contributed by atoms with van der Waals surface area (Å²) in [7, 11) is 1.84. The Morgan fingerprint density at radius 1 is 1.35 bits per heavy atom. The number of rotatable bonds is 4.